The van der Waals surface area contributed by atoms with Crippen molar-refractivity contribution in [2.75, 3.05) is 11.9 Å². The average molecular weight is 288 g/mol. The second-order valence-corrected chi connectivity index (χ2v) is 5.43. The zero-order chi connectivity index (χ0) is 15.4. The first-order valence-corrected chi connectivity index (χ1v) is 7.44. The topological polar surface area (TPSA) is 63.0 Å². The normalized spacial score (nSPS) is 12.4. The number of hydrogen-bond donors (Lipinski definition) is 2. The largest absolute Gasteiger partial charge is 0.394 e. The molecule has 0 fully saturated rings. The number of rotatable bonds is 6. The fourth-order valence-electron chi connectivity index (χ4n) is 2.47. The average Bonchev–Trinajstić information content (AvgIpc) is 2.75. The lowest BCUT2D eigenvalue weighted by molar-refractivity contribution is 0.281. The fourth-order valence-corrected chi connectivity index (χ4v) is 2.47. The Kier molecular flexibility index (Phi) is 4.96. The maximum absolute atomic E-state index is 9.05. The van der Waals surface area contributed by atoms with Gasteiger partial charge in [-0.25, -0.2) is 4.98 Å². The van der Waals surface area contributed by atoms with Crippen LogP contribution in [0.4, 0.5) is 5.82 Å². The van der Waals surface area contributed by atoms with Crippen LogP contribution in [0, 0.1) is 13.8 Å². The molecule has 2 N–H and O–H groups in total. The van der Waals surface area contributed by atoms with Crippen LogP contribution in [-0.4, -0.2) is 32.5 Å². The van der Waals surface area contributed by atoms with Crippen LogP contribution in [0.3, 0.4) is 0 Å². The number of nitrogens with zero attached hydrogens (tertiary/aromatic N) is 3. The molecule has 5 nitrogen and oxygen atoms in total. The Labute approximate surface area is 126 Å². The van der Waals surface area contributed by atoms with Gasteiger partial charge >= 0.3 is 0 Å². The Morgan fingerprint density at radius 1 is 1.33 bits per heavy atom. The van der Waals surface area contributed by atoms with Crippen LogP contribution in [-0.2, 0) is 6.54 Å². The van der Waals surface area contributed by atoms with Crippen LogP contribution < -0.4 is 5.32 Å². The molecule has 21 heavy (non-hydrogen) atoms. The molecule has 2 aromatic rings. The molecule has 0 aliphatic carbocycles. The van der Waals surface area contributed by atoms with E-state index in [0.717, 1.165) is 35.6 Å². The summed E-state index contributed by atoms with van der Waals surface area (Å²) in [7, 11) is 0. The molecule has 0 spiro atoms. The Morgan fingerprint density at radius 3 is 2.67 bits per heavy atom. The minimum absolute atomic E-state index is 0.000809. The molecule has 5 heteroatoms. The van der Waals surface area contributed by atoms with E-state index in [9.17, 15) is 0 Å². The Balaban J connectivity index is 2.26. The van der Waals surface area contributed by atoms with Gasteiger partial charge in [-0.05, 0) is 39.3 Å². The van der Waals surface area contributed by atoms with Crippen LogP contribution in [0.1, 0.15) is 31.7 Å². The first-order valence-electron chi connectivity index (χ1n) is 7.44. The standard InChI is InChI=1S/C16H24N4O/c1-5-8-20-13(4)16(12(3)19-20)14-6-7-15(17-9-14)18-11(2)10-21/h6-7,9,11,21H,5,8,10H2,1-4H3,(H,17,18)/t11-/m0/s1. The lowest BCUT2D eigenvalue weighted by Gasteiger charge is -2.11. The molecule has 2 aromatic heterocycles. The highest BCUT2D eigenvalue weighted by Crippen LogP contribution is 2.27. The summed E-state index contributed by atoms with van der Waals surface area (Å²) in [6.45, 7) is 9.23. The van der Waals surface area contributed by atoms with Crippen molar-refractivity contribution in [1.29, 1.82) is 0 Å². The van der Waals surface area contributed by atoms with Gasteiger partial charge in [0.25, 0.3) is 0 Å². The first kappa shape index (κ1) is 15.5. The van der Waals surface area contributed by atoms with E-state index in [0.29, 0.717) is 0 Å². The van der Waals surface area contributed by atoms with E-state index in [2.05, 4.69) is 33.9 Å². The molecule has 0 saturated heterocycles. The Morgan fingerprint density at radius 2 is 2.10 bits per heavy atom. The fraction of sp³-hybridized carbons (Fsp3) is 0.500. The van der Waals surface area contributed by atoms with E-state index < -0.39 is 0 Å². The highest BCUT2D eigenvalue weighted by atomic mass is 16.3. The van der Waals surface area contributed by atoms with Crippen molar-refractivity contribution in [3.8, 4) is 11.1 Å². The number of anilines is 1. The summed E-state index contributed by atoms with van der Waals surface area (Å²) in [4.78, 5) is 4.42. The number of aliphatic hydroxyl groups is 1. The van der Waals surface area contributed by atoms with E-state index in [1.54, 1.807) is 0 Å². The zero-order valence-electron chi connectivity index (χ0n) is 13.2. The van der Waals surface area contributed by atoms with Crippen molar-refractivity contribution in [3.63, 3.8) is 0 Å². The monoisotopic (exact) mass is 288 g/mol. The molecule has 0 aromatic carbocycles. The molecule has 0 aliphatic rings. The van der Waals surface area contributed by atoms with Crippen molar-refractivity contribution < 1.29 is 5.11 Å². The molecule has 0 aliphatic heterocycles. The van der Waals surface area contributed by atoms with Gasteiger partial charge in [-0.2, -0.15) is 5.10 Å². The van der Waals surface area contributed by atoms with Gasteiger partial charge in [-0.1, -0.05) is 6.92 Å². The summed E-state index contributed by atoms with van der Waals surface area (Å²) in [6, 6.07) is 3.99. The van der Waals surface area contributed by atoms with Gasteiger partial charge in [-0.3, -0.25) is 4.68 Å². The van der Waals surface area contributed by atoms with Crippen LogP contribution >= 0.6 is 0 Å². The summed E-state index contributed by atoms with van der Waals surface area (Å²) in [5.41, 5.74) is 4.46. The molecule has 0 amide bonds. The van der Waals surface area contributed by atoms with E-state index in [1.807, 2.05) is 32.2 Å². The molecule has 0 bridgehead atoms. The van der Waals surface area contributed by atoms with Gasteiger partial charge in [0.1, 0.15) is 5.82 Å². The number of aromatic nitrogens is 3. The zero-order valence-corrected chi connectivity index (χ0v) is 13.2. The molecular weight excluding hydrogens is 264 g/mol. The third kappa shape index (κ3) is 3.42. The van der Waals surface area contributed by atoms with Crippen LogP contribution in [0.15, 0.2) is 18.3 Å². The number of aryl methyl sites for hydroxylation is 2. The van der Waals surface area contributed by atoms with E-state index >= 15 is 0 Å². The molecular formula is C16H24N4O. The predicted octanol–water partition coefficient (Wildman–Crippen LogP) is 2.76. The van der Waals surface area contributed by atoms with Crippen molar-refractivity contribution in [3.05, 3.63) is 29.7 Å². The highest BCUT2D eigenvalue weighted by Gasteiger charge is 2.13. The second kappa shape index (κ2) is 6.72. The molecule has 0 unspecified atom stereocenters. The SMILES string of the molecule is CCCn1nc(C)c(-c2ccc(N[C@@H](C)CO)nc2)c1C. The van der Waals surface area contributed by atoms with Crippen molar-refractivity contribution in [2.24, 2.45) is 0 Å². The van der Waals surface area contributed by atoms with Gasteiger partial charge in [0.15, 0.2) is 0 Å². The third-order valence-corrected chi connectivity index (χ3v) is 3.54. The minimum Gasteiger partial charge on any atom is -0.394 e. The van der Waals surface area contributed by atoms with Gasteiger partial charge in [0, 0.05) is 35.6 Å². The third-order valence-electron chi connectivity index (χ3n) is 3.54. The maximum Gasteiger partial charge on any atom is 0.126 e. The molecule has 0 radical (unpaired) electrons. The van der Waals surface area contributed by atoms with E-state index in [1.165, 1.54) is 5.69 Å². The van der Waals surface area contributed by atoms with Crippen molar-refractivity contribution in [1.82, 2.24) is 14.8 Å². The molecule has 114 valence electrons. The summed E-state index contributed by atoms with van der Waals surface area (Å²) < 4.78 is 2.06. The molecule has 2 rings (SSSR count). The number of pyridine rings is 1. The Bertz CT molecular complexity index is 589. The van der Waals surface area contributed by atoms with Gasteiger partial charge in [-0.15, -0.1) is 0 Å². The summed E-state index contributed by atoms with van der Waals surface area (Å²) in [5.74, 6) is 0.775. The number of nitrogens with one attached hydrogen (secondary N) is 1. The number of aliphatic hydroxyl groups excluding tert-OH is 1. The Hall–Kier alpha value is -1.88. The van der Waals surface area contributed by atoms with Crippen molar-refractivity contribution >= 4 is 5.82 Å². The summed E-state index contributed by atoms with van der Waals surface area (Å²) in [5, 5.41) is 16.8. The van der Waals surface area contributed by atoms with Gasteiger partial charge in [0.2, 0.25) is 0 Å². The van der Waals surface area contributed by atoms with Gasteiger partial charge < -0.3 is 10.4 Å². The van der Waals surface area contributed by atoms with E-state index in [4.69, 9.17) is 5.11 Å². The lowest BCUT2D eigenvalue weighted by atomic mass is 10.1. The second-order valence-electron chi connectivity index (χ2n) is 5.43. The minimum atomic E-state index is -0.000809. The van der Waals surface area contributed by atoms with E-state index in [-0.39, 0.29) is 12.6 Å². The number of hydrogen-bond acceptors (Lipinski definition) is 4. The molecule has 1 atom stereocenters. The maximum atomic E-state index is 9.05. The summed E-state index contributed by atoms with van der Waals surface area (Å²) >= 11 is 0. The molecule has 2 heterocycles. The van der Waals surface area contributed by atoms with Crippen LogP contribution in [0.25, 0.3) is 11.1 Å². The van der Waals surface area contributed by atoms with Crippen molar-refractivity contribution in [2.45, 2.75) is 46.7 Å². The van der Waals surface area contributed by atoms with Crippen LogP contribution in [0.2, 0.25) is 0 Å². The van der Waals surface area contributed by atoms with Gasteiger partial charge in [0.05, 0.1) is 12.3 Å². The molecule has 0 saturated carbocycles. The quantitative estimate of drug-likeness (QED) is 0.858. The van der Waals surface area contributed by atoms with Crippen LogP contribution in [0.5, 0.6) is 0 Å². The lowest BCUT2D eigenvalue weighted by Crippen LogP contribution is -2.19. The summed E-state index contributed by atoms with van der Waals surface area (Å²) in [6.07, 6.45) is 2.93. The first-order chi connectivity index (χ1) is 10.1. The predicted molar refractivity (Wildman–Crippen MR) is 85.4 cm³/mol. The highest BCUT2D eigenvalue weighted by molar-refractivity contribution is 5.68. The smallest absolute Gasteiger partial charge is 0.126 e.